The van der Waals surface area contributed by atoms with E-state index in [0.29, 0.717) is 10.00 Å². The molecule has 2 aromatic heterocycles. The lowest BCUT2D eigenvalue weighted by Gasteiger charge is -2.20. The summed E-state index contributed by atoms with van der Waals surface area (Å²) in [6.07, 6.45) is 2.58. The third-order valence-electron chi connectivity index (χ3n) is 3.84. The van der Waals surface area contributed by atoms with Gasteiger partial charge < -0.3 is 4.74 Å². The third-order valence-corrected chi connectivity index (χ3v) is 5.98. The standard InChI is InChI=1S/C20H18N2O5S2/c1-3-27-20(24)14-7-6-8-15(13-14)22(29(2,25)26)19(23)18-11-10-17(28-18)16-9-4-5-12-21-16/h4-13H,3H2,1-2H3. The van der Waals surface area contributed by atoms with E-state index in [1.807, 2.05) is 6.07 Å². The average molecular weight is 431 g/mol. The first kappa shape index (κ1) is 20.7. The Kier molecular flexibility index (Phi) is 6.09. The SMILES string of the molecule is CCOC(=O)c1cccc(N(C(=O)c2ccc(-c3ccccn3)s2)S(C)(=O)=O)c1. The maximum atomic E-state index is 13.1. The summed E-state index contributed by atoms with van der Waals surface area (Å²) in [5, 5.41) is 0. The van der Waals surface area contributed by atoms with E-state index in [4.69, 9.17) is 4.74 Å². The van der Waals surface area contributed by atoms with Crippen LogP contribution in [0.3, 0.4) is 0 Å². The van der Waals surface area contributed by atoms with Crippen molar-refractivity contribution in [1.29, 1.82) is 0 Å². The molecular weight excluding hydrogens is 412 g/mol. The van der Waals surface area contributed by atoms with Crippen molar-refractivity contribution in [1.82, 2.24) is 4.98 Å². The van der Waals surface area contributed by atoms with Gasteiger partial charge in [-0.2, -0.15) is 0 Å². The Labute approximate surface area is 172 Å². The average Bonchev–Trinajstić information content (AvgIpc) is 3.18. The fourth-order valence-corrected chi connectivity index (χ4v) is 4.50. The van der Waals surface area contributed by atoms with Crippen molar-refractivity contribution in [3.63, 3.8) is 0 Å². The number of ether oxygens (including phenoxy) is 1. The molecule has 1 aromatic carbocycles. The fourth-order valence-electron chi connectivity index (χ4n) is 2.63. The van der Waals surface area contributed by atoms with Crippen molar-refractivity contribution >= 4 is 38.9 Å². The topological polar surface area (TPSA) is 93.6 Å². The van der Waals surface area contributed by atoms with Crippen molar-refractivity contribution in [2.24, 2.45) is 0 Å². The number of pyridine rings is 1. The molecule has 150 valence electrons. The number of nitrogens with zero attached hydrogens (tertiary/aromatic N) is 2. The van der Waals surface area contributed by atoms with Crippen LogP contribution in [0.2, 0.25) is 0 Å². The van der Waals surface area contributed by atoms with E-state index in [1.54, 1.807) is 37.4 Å². The van der Waals surface area contributed by atoms with Crippen LogP contribution >= 0.6 is 11.3 Å². The Morgan fingerprint density at radius 2 is 1.90 bits per heavy atom. The Morgan fingerprint density at radius 1 is 1.10 bits per heavy atom. The second-order valence-electron chi connectivity index (χ2n) is 5.98. The van der Waals surface area contributed by atoms with E-state index in [2.05, 4.69) is 4.98 Å². The molecule has 0 aliphatic rings. The van der Waals surface area contributed by atoms with Gasteiger partial charge in [0.15, 0.2) is 0 Å². The molecule has 0 atom stereocenters. The number of carbonyl (C=O) groups excluding carboxylic acids is 2. The van der Waals surface area contributed by atoms with Gasteiger partial charge in [-0.1, -0.05) is 12.1 Å². The summed E-state index contributed by atoms with van der Waals surface area (Å²) in [7, 11) is -3.95. The van der Waals surface area contributed by atoms with Gasteiger partial charge in [-0.15, -0.1) is 11.3 Å². The summed E-state index contributed by atoms with van der Waals surface area (Å²) in [4.78, 5) is 30.3. The molecule has 9 heteroatoms. The molecule has 29 heavy (non-hydrogen) atoms. The highest BCUT2D eigenvalue weighted by molar-refractivity contribution is 7.92. The highest BCUT2D eigenvalue weighted by Crippen LogP contribution is 2.30. The molecule has 1 amide bonds. The number of hydrogen-bond donors (Lipinski definition) is 0. The molecule has 3 rings (SSSR count). The maximum absolute atomic E-state index is 13.1. The number of rotatable bonds is 6. The minimum atomic E-state index is -3.95. The minimum Gasteiger partial charge on any atom is -0.462 e. The van der Waals surface area contributed by atoms with Crippen LogP contribution in [0.5, 0.6) is 0 Å². The Balaban J connectivity index is 1.99. The highest BCUT2D eigenvalue weighted by atomic mass is 32.2. The monoisotopic (exact) mass is 430 g/mol. The van der Waals surface area contributed by atoms with Gasteiger partial charge >= 0.3 is 5.97 Å². The van der Waals surface area contributed by atoms with Crippen molar-refractivity contribution in [2.75, 3.05) is 17.2 Å². The van der Waals surface area contributed by atoms with Crippen LogP contribution in [0.25, 0.3) is 10.6 Å². The van der Waals surface area contributed by atoms with E-state index in [1.165, 1.54) is 24.3 Å². The van der Waals surface area contributed by atoms with E-state index in [9.17, 15) is 18.0 Å². The summed E-state index contributed by atoms with van der Waals surface area (Å²) in [5.74, 6) is -1.30. The molecule has 2 heterocycles. The van der Waals surface area contributed by atoms with Crippen LogP contribution < -0.4 is 4.31 Å². The number of aromatic nitrogens is 1. The normalized spacial score (nSPS) is 11.1. The molecule has 0 saturated carbocycles. The van der Waals surface area contributed by atoms with Crippen molar-refractivity contribution in [2.45, 2.75) is 6.92 Å². The van der Waals surface area contributed by atoms with Crippen LogP contribution in [0, 0.1) is 0 Å². The number of hydrogen-bond acceptors (Lipinski definition) is 7. The van der Waals surface area contributed by atoms with Crippen LogP contribution in [-0.2, 0) is 14.8 Å². The van der Waals surface area contributed by atoms with Gasteiger partial charge in [0.25, 0.3) is 5.91 Å². The quantitative estimate of drug-likeness (QED) is 0.555. The highest BCUT2D eigenvalue weighted by Gasteiger charge is 2.28. The summed E-state index contributed by atoms with van der Waals surface area (Å²) >= 11 is 1.14. The summed E-state index contributed by atoms with van der Waals surface area (Å²) in [5.41, 5.74) is 0.911. The van der Waals surface area contributed by atoms with Crippen LogP contribution in [0.1, 0.15) is 27.0 Å². The van der Waals surface area contributed by atoms with E-state index < -0.39 is 21.9 Å². The molecule has 0 bridgehead atoms. The van der Waals surface area contributed by atoms with Crippen LogP contribution in [0.4, 0.5) is 5.69 Å². The molecule has 0 unspecified atom stereocenters. The number of sulfonamides is 1. The summed E-state index contributed by atoms with van der Waals surface area (Å²) in [6.45, 7) is 1.85. The molecule has 0 N–H and O–H groups in total. The molecule has 0 aliphatic carbocycles. The number of anilines is 1. The van der Waals surface area contributed by atoms with Gasteiger partial charge in [0, 0.05) is 6.20 Å². The van der Waals surface area contributed by atoms with E-state index in [0.717, 1.165) is 22.5 Å². The summed E-state index contributed by atoms with van der Waals surface area (Å²) in [6, 6.07) is 14.5. The zero-order valence-corrected chi connectivity index (χ0v) is 17.4. The smallest absolute Gasteiger partial charge is 0.338 e. The zero-order valence-electron chi connectivity index (χ0n) is 15.7. The predicted molar refractivity (Wildman–Crippen MR) is 112 cm³/mol. The summed E-state index contributed by atoms with van der Waals surface area (Å²) < 4.78 is 30.5. The van der Waals surface area contributed by atoms with Crippen molar-refractivity contribution in [3.8, 4) is 10.6 Å². The van der Waals surface area contributed by atoms with Crippen molar-refractivity contribution in [3.05, 3.63) is 71.2 Å². The first-order valence-corrected chi connectivity index (χ1v) is 11.3. The van der Waals surface area contributed by atoms with E-state index in [-0.39, 0.29) is 22.7 Å². The Bertz CT molecular complexity index is 1140. The second-order valence-corrected chi connectivity index (χ2v) is 8.90. The third kappa shape index (κ3) is 4.69. The molecule has 0 saturated heterocycles. The molecular formula is C20H18N2O5S2. The maximum Gasteiger partial charge on any atom is 0.338 e. The molecule has 3 aromatic rings. The lowest BCUT2D eigenvalue weighted by Crippen LogP contribution is -2.35. The zero-order chi connectivity index (χ0) is 21.0. The fraction of sp³-hybridized carbons (Fsp3) is 0.150. The van der Waals surface area contributed by atoms with Gasteiger partial charge in [-0.3, -0.25) is 9.78 Å². The first-order chi connectivity index (χ1) is 13.8. The first-order valence-electron chi connectivity index (χ1n) is 8.64. The number of esters is 1. The number of thiophene rings is 1. The molecule has 0 spiro atoms. The molecule has 0 aliphatic heterocycles. The molecule has 0 radical (unpaired) electrons. The molecule has 7 nitrogen and oxygen atoms in total. The predicted octanol–water partition coefficient (Wildman–Crippen LogP) is 3.59. The van der Waals surface area contributed by atoms with E-state index >= 15 is 0 Å². The number of benzene rings is 1. The lowest BCUT2D eigenvalue weighted by molar-refractivity contribution is 0.0526. The second kappa shape index (κ2) is 8.54. The van der Waals surface area contributed by atoms with Gasteiger partial charge in [0.2, 0.25) is 10.0 Å². The van der Waals surface area contributed by atoms with Crippen LogP contribution in [0.15, 0.2) is 60.8 Å². The van der Waals surface area contributed by atoms with Crippen LogP contribution in [-0.4, -0.2) is 38.1 Å². The van der Waals surface area contributed by atoms with Gasteiger partial charge in [-0.05, 0) is 49.4 Å². The molecule has 0 fully saturated rings. The Hall–Kier alpha value is -3.04. The van der Waals surface area contributed by atoms with Gasteiger partial charge in [0.1, 0.15) is 0 Å². The van der Waals surface area contributed by atoms with Gasteiger partial charge in [0.05, 0.1) is 39.6 Å². The minimum absolute atomic E-state index is 0.0656. The number of amides is 1. The largest absolute Gasteiger partial charge is 0.462 e. The Morgan fingerprint density at radius 3 is 2.55 bits per heavy atom. The van der Waals surface area contributed by atoms with Crippen molar-refractivity contribution < 1.29 is 22.7 Å². The lowest BCUT2D eigenvalue weighted by atomic mass is 10.2. The van der Waals surface area contributed by atoms with Gasteiger partial charge in [-0.25, -0.2) is 17.5 Å². The number of carbonyl (C=O) groups is 2.